The summed E-state index contributed by atoms with van der Waals surface area (Å²) in [5.74, 6) is 0.870. The molecule has 3 heteroatoms. The van der Waals surface area contributed by atoms with Crippen LogP contribution < -0.4 is 0 Å². The van der Waals surface area contributed by atoms with E-state index in [1.165, 1.54) is 27.5 Å². The fourth-order valence-electron chi connectivity index (χ4n) is 4.44. The molecule has 6 aromatic rings. The molecule has 0 saturated heterocycles. The molecule has 0 bridgehead atoms. The lowest BCUT2D eigenvalue weighted by Crippen LogP contribution is -1.95. The fourth-order valence-corrected chi connectivity index (χ4v) is 4.44. The van der Waals surface area contributed by atoms with Crippen molar-refractivity contribution < 1.29 is 0 Å². The van der Waals surface area contributed by atoms with Gasteiger partial charge in [0.1, 0.15) is 0 Å². The highest BCUT2D eigenvalue weighted by atomic mass is 15.2. The monoisotopic (exact) mass is 399 g/mol. The summed E-state index contributed by atoms with van der Waals surface area (Å²) in [5, 5.41) is 12.8. The highest BCUT2D eigenvalue weighted by molar-refractivity contribution is 6.12. The molecule has 31 heavy (non-hydrogen) atoms. The molecule has 0 amide bonds. The third kappa shape index (κ3) is 2.82. The Labute approximate surface area is 180 Å². The van der Waals surface area contributed by atoms with E-state index in [9.17, 15) is 0 Å². The summed E-state index contributed by atoms with van der Waals surface area (Å²) in [6.07, 6.45) is 1.01. The molecule has 0 radical (unpaired) electrons. The van der Waals surface area contributed by atoms with Gasteiger partial charge in [-0.3, -0.25) is 4.40 Å². The average molecular weight is 399 g/mol. The maximum Gasteiger partial charge on any atom is 0.169 e. The van der Waals surface area contributed by atoms with Crippen molar-refractivity contribution in [2.75, 3.05) is 0 Å². The van der Waals surface area contributed by atoms with Crippen LogP contribution in [0, 0.1) is 0 Å². The third-order valence-corrected chi connectivity index (χ3v) is 6.08. The second kappa shape index (κ2) is 7.06. The second-order valence-electron chi connectivity index (χ2n) is 7.88. The number of hydrogen-bond acceptors (Lipinski definition) is 2. The molecule has 0 saturated carbocycles. The van der Waals surface area contributed by atoms with Gasteiger partial charge in [0.25, 0.3) is 0 Å². The van der Waals surface area contributed by atoms with E-state index in [0.717, 1.165) is 34.4 Å². The van der Waals surface area contributed by atoms with E-state index in [0.29, 0.717) is 0 Å². The smallest absolute Gasteiger partial charge is 0.169 e. The number of pyridine rings is 1. The number of nitrogens with zero attached hydrogens (tertiary/aromatic N) is 3. The molecular formula is C28H21N3. The maximum absolute atomic E-state index is 4.62. The molecule has 2 heterocycles. The molecule has 0 aliphatic rings. The van der Waals surface area contributed by atoms with E-state index in [1.54, 1.807) is 0 Å². The summed E-state index contributed by atoms with van der Waals surface area (Å²) < 4.78 is 2.20. The van der Waals surface area contributed by atoms with Crippen LogP contribution in [-0.4, -0.2) is 14.6 Å². The Bertz CT molecular complexity index is 1540. The van der Waals surface area contributed by atoms with Crippen LogP contribution in [-0.2, 0) is 6.42 Å². The van der Waals surface area contributed by atoms with E-state index < -0.39 is 0 Å². The van der Waals surface area contributed by atoms with E-state index >= 15 is 0 Å². The zero-order valence-electron chi connectivity index (χ0n) is 17.3. The van der Waals surface area contributed by atoms with Gasteiger partial charge < -0.3 is 0 Å². The second-order valence-corrected chi connectivity index (χ2v) is 7.88. The lowest BCUT2D eigenvalue weighted by Gasteiger charge is -2.11. The molecule has 0 unspecified atom stereocenters. The van der Waals surface area contributed by atoms with Gasteiger partial charge in [-0.1, -0.05) is 91.9 Å². The van der Waals surface area contributed by atoms with Crippen LogP contribution in [0.3, 0.4) is 0 Å². The highest BCUT2D eigenvalue weighted by Gasteiger charge is 2.16. The number of benzene rings is 4. The number of fused-ring (bicyclic) bond motifs is 6. The number of aromatic nitrogens is 3. The Morgan fingerprint density at radius 2 is 1.29 bits per heavy atom. The molecule has 6 rings (SSSR count). The number of aryl methyl sites for hydroxylation is 1. The van der Waals surface area contributed by atoms with Gasteiger partial charge in [0.05, 0.1) is 5.52 Å². The first-order chi connectivity index (χ1) is 15.3. The summed E-state index contributed by atoms with van der Waals surface area (Å²) in [5.41, 5.74) is 6.83. The Morgan fingerprint density at radius 1 is 0.613 bits per heavy atom. The van der Waals surface area contributed by atoms with E-state index in [2.05, 4.69) is 113 Å². The van der Waals surface area contributed by atoms with E-state index in [1.807, 2.05) is 6.07 Å². The summed E-state index contributed by atoms with van der Waals surface area (Å²) in [6.45, 7) is 2.19. The Hall–Kier alpha value is -3.98. The van der Waals surface area contributed by atoms with Crippen LogP contribution in [0.2, 0.25) is 0 Å². The van der Waals surface area contributed by atoms with Gasteiger partial charge in [0.2, 0.25) is 0 Å². The minimum Gasteiger partial charge on any atom is -0.274 e. The average Bonchev–Trinajstić information content (AvgIpc) is 3.30. The van der Waals surface area contributed by atoms with Crippen LogP contribution in [0.1, 0.15) is 12.5 Å². The van der Waals surface area contributed by atoms with Crippen molar-refractivity contribution in [2.24, 2.45) is 0 Å². The van der Waals surface area contributed by atoms with E-state index in [4.69, 9.17) is 0 Å². The molecule has 3 nitrogen and oxygen atoms in total. The van der Waals surface area contributed by atoms with Crippen LogP contribution in [0.25, 0.3) is 49.8 Å². The van der Waals surface area contributed by atoms with Gasteiger partial charge in [-0.05, 0) is 40.6 Å². The van der Waals surface area contributed by atoms with Gasteiger partial charge in [0.15, 0.2) is 11.5 Å². The summed E-state index contributed by atoms with van der Waals surface area (Å²) in [7, 11) is 0. The molecule has 0 N–H and O–H groups in total. The molecule has 0 aliphatic carbocycles. The lowest BCUT2D eigenvalue weighted by molar-refractivity contribution is 1.12. The predicted molar refractivity (Wildman–Crippen MR) is 128 cm³/mol. The first kappa shape index (κ1) is 17.8. The summed E-state index contributed by atoms with van der Waals surface area (Å²) in [6, 6.07) is 34.2. The Morgan fingerprint density at radius 3 is 2.06 bits per heavy atom. The Kier molecular flexibility index (Phi) is 4.07. The van der Waals surface area contributed by atoms with Crippen molar-refractivity contribution >= 4 is 27.3 Å². The van der Waals surface area contributed by atoms with Crippen molar-refractivity contribution in [2.45, 2.75) is 13.3 Å². The van der Waals surface area contributed by atoms with Crippen LogP contribution in [0.4, 0.5) is 0 Å². The predicted octanol–water partition coefficient (Wildman–Crippen LogP) is 6.93. The van der Waals surface area contributed by atoms with Crippen molar-refractivity contribution in [3.63, 3.8) is 0 Å². The van der Waals surface area contributed by atoms with Gasteiger partial charge in [-0.2, -0.15) is 0 Å². The standard InChI is InChI=1S/C28H21N3/c1-2-19-12-17-26-25(18-19)23-10-6-7-11-24(23)28-30-29-27(31(26)28)22-15-13-21(14-16-22)20-8-4-3-5-9-20/h3-18H,2H2,1H3. The van der Waals surface area contributed by atoms with Crippen molar-refractivity contribution in [3.05, 3.63) is 103 Å². The molecule has 0 aliphatic heterocycles. The fraction of sp³-hybridized carbons (Fsp3) is 0.0714. The third-order valence-electron chi connectivity index (χ3n) is 6.08. The van der Waals surface area contributed by atoms with Crippen LogP contribution in [0.15, 0.2) is 97.1 Å². The zero-order chi connectivity index (χ0) is 20.8. The molecular weight excluding hydrogens is 378 g/mol. The van der Waals surface area contributed by atoms with Gasteiger partial charge in [-0.25, -0.2) is 0 Å². The largest absolute Gasteiger partial charge is 0.274 e. The lowest BCUT2D eigenvalue weighted by atomic mass is 10.0. The quantitative estimate of drug-likeness (QED) is 0.302. The van der Waals surface area contributed by atoms with Crippen molar-refractivity contribution in [3.8, 4) is 22.5 Å². The first-order valence-corrected chi connectivity index (χ1v) is 10.7. The van der Waals surface area contributed by atoms with E-state index in [-0.39, 0.29) is 0 Å². The minimum atomic E-state index is 0.870. The molecule has 0 atom stereocenters. The summed E-state index contributed by atoms with van der Waals surface area (Å²) >= 11 is 0. The zero-order valence-corrected chi connectivity index (χ0v) is 17.3. The molecule has 0 spiro atoms. The maximum atomic E-state index is 4.62. The Balaban J connectivity index is 1.61. The topological polar surface area (TPSA) is 30.2 Å². The van der Waals surface area contributed by atoms with Crippen LogP contribution >= 0.6 is 0 Å². The SMILES string of the molecule is CCc1ccc2c(c1)c1ccccc1c1nnc(-c3ccc(-c4ccccc4)cc3)n21. The highest BCUT2D eigenvalue weighted by Crippen LogP contribution is 2.33. The molecule has 148 valence electrons. The van der Waals surface area contributed by atoms with Crippen LogP contribution in [0.5, 0.6) is 0 Å². The molecule has 4 aromatic carbocycles. The first-order valence-electron chi connectivity index (χ1n) is 10.7. The van der Waals surface area contributed by atoms with Gasteiger partial charge in [-0.15, -0.1) is 10.2 Å². The summed E-state index contributed by atoms with van der Waals surface area (Å²) in [4.78, 5) is 0. The van der Waals surface area contributed by atoms with Crippen molar-refractivity contribution in [1.82, 2.24) is 14.6 Å². The number of rotatable bonds is 3. The van der Waals surface area contributed by atoms with Gasteiger partial charge >= 0.3 is 0 Å². The van der Waals surface area contributed by atoms with Crippen molar-refractivity contribution in [1.29, 1.82) is 0 Å². The molecule has 0 fully saturated rings. The minimum absolute atomic E-state index is 0.870. The normalized spacial score (nSPS) is 11.5. The number of hydrogen-bond donors (Lipinski definition) is 0. The van der Waals surface area contributed by atoms with Gasteiger partial charge in [0, 0.05) is 16.3 Å². The molecule has 2 aromatic heterocycles.